The number of carbonyl (C=O) groups excluding carboxylic acids is 2. The number of piperidine rings is 1. The molecule has 12 nitrogen and oxygen atoms in total. The summed E-state index contributed by atoms with van der Waals surface area (Å²) < 4.78 is 13.3. The molecule has 222 valence electrons. The second-order valence-corrected chi connectivity index (χ2v) is 12.1. The minimum absolute atomic E-state index is 0.0292. The Morgan fingerprint density at radius 1 is 1.12 bits per heavy atom. The van der Waals surface area contributed by atoms with Gasteiger partial charge in [-0.15, -0.1) is 0 Å². The minimum atomic E-state index is -0.588. The van der Waals surface area contributed by atoms with Crippen LogP contribution in [0.3, 0.4) is 0 Å². The summed E-state index contributed by atoms with van der Waals surface area (Å²) >= 11 is 0. The van der Waals surface area contributed by atoms with Gasteiger partial charge in [0.1, 0.15) is 28.9 Å². The second kappa shape index (κ2) is 11.9. The molecular weight excluding hydrogens is 536 g/mol. The lowest BCUT2D eigenvalue weighted by Gasteiger charge is -2.36. The average molecular weight is 575 g/mol. The molecule has 5 heterocycles. The smallest absolute Gasteiger partial charge is 0.410 e. The quantitative estimate of drug-likeness (QED) is 0.427. The SMILES string of the molecule is Cc1cc(-c2nc(C#N)nc3c2ncn3C)cnc1OCCC1CCN(C(=O)[C@@H]2CCCN2C(=O)OC(C)(C)C)CC1. The van der Waals surface area contributed by atoms with Crippen molar-refractivity contribution in [2.45, 2.75) is 71.4 Å². The normalized spacial score (nSPS) is 17.9. The lowest BCUT2D eigenvalue weighted by atomic mass is 9.93. The summed E-state index contributed by atoms with van der Waals surface area (Å²) in [4.78, 5) is 47.0. The number of aryl methyl sites for hydroxylation is 2. The van der Waals surface area contributed by atoms with Gasteiger partial charge in [-0.05, 0) is 71.8 Å². The monoisotopic (exact) mass is 574 g/mol. The van der Waals surface area contributed by atoms with Gasteiger partial charge < -0.3 is 18.9 Å². The Morgan fingerprint density at radius 3 is 2.57 bits per heavy atom. The molecule has 5 rings (SSSR count). The molecule has 2 aliphatic heterocycles. The summed E-state index contributed by atoms with van der Waals surface area (Å²) in [6.07, 6.45) is 7.08. The zero-order valence-corrected chi connectivity index (χ0v) is 25.0. The predicted octanol–water partition coefficient (Wildman–Crippen LogP) is 4.01. The van der Waals surface area contributed by atoms with E-state index in [2.05, 4.69) is 19.9 Å². The molecule has 0 unspecified atom stereocenters. The highest BCUT2D eigenvalue weighted by atomic mass is 16.6. The van der Waals surface area contributed by atoms with E-state index in [1.807, 2.05) is 51.8 Å². The van der Waals surface area contributed by atoms with Gasteiger partial charge in [-0.25, -0.2) is 19.7 Å². The van der Waals surface area contributed by atoms with Crippen molar-refractivity contribution in [1.29, 1.82) is 5.26 Å². The molecular formula is C30H38N8O4. The molecule has 0 aliphatic carbocycles. The van der Waals surface area contributed by atoms with E-state index in [0.717, 1.165) is 36.8 Å². The van der Waals surface area contributed by atoms with Crippen molar-refractivity contribution < 1.29 is 19.1 Å². The highest BCUT2D eigenvalue weighted by Crippen LogP contribution is 2.29. The lowest BCUT2D eigenvalue weighted by molar-refractivity contribution is -0.137. The number of ether oxygens (including phenoxy) is 2. The van der Waals surface area contributed by atoms with Crippen molar-refractivity contribution in [1.82, 2.24) is 34.3 Å². The van der Waals surface area contributed by atoms with Gasteiger partial charge in [-0.3, -0.25) is 9.69 Å². The van der Waals surface area contributed by atoms with Gasteiger partial charge in [0, 0.05) is 44.0 Å². The van der Waals surface area contributed by atoms with E-state index in [0.29, 0.717) is 61.3 Å². The molecule has 3 aromatic heterocycles. The third-order valence-electron chi connectivity index (χ3n) is 7.82. The van der Waals surface area contributed by atoms with Crippen LogP contribution in [0.25, 0.3) is 22.4 Å². The van der Waals surface area contributed by atoms with Gasteiger partial charge in [-0.1, -0.05) is 0 Å². The van der Waals surface area contributed by atoms with E-state index < -0.39 is 17.7 Å². The zero-order valence-electron chi connectivity index (χ0n) is 25.0. The van der Waals surface area contributed by atoms with Crippen molar-refractivity contribution >= 4 is 23.2 Å². The van der Waals surface area contributed by atoms with Crippen LogP contribution in [0.5, 0.6) is 5.88 Å². The summed E-state index contributed by atoms with van der Waals surface area (Å²) in [5.41, 5.74) is 2.78. The number of nitrogens with zero attached hydrogens (tertiary/aromatic N) is 8. The van der Waals surface area contributed by atoms with Gasteiger partial charge in [-0.2, -0.15) is 10.2 Å². The summed E-state index contributed by atoms with van der Waals surface area (Å²) in [5, 5.41) is 9.38. The first-order chi connectivity index (χ1) is 20.0. The number of nitriles is 1. The number of imidazole rings is 1. The topological polar surface area (TPSA) is 139 Å². The number of pyridine rings is 1. The van der Waals surface area contributed by atoms with Crippen LogP contribution in [0, 0.1) is 24.2 Å². The molecule has 2 saturated heterocycles. The van der Waals surface area contributed by atoms with Crippen LogP contribution < -0.4 is 4.74 Å². The van der Waals surface area contributed by atoms with Gasteiger partial charge >= 0.3 is 6.09 Å². The fourth-order valence-corrected chi connectivity index (χ4v) is 5.64. The Kier molecular flexibility index (Phi) is 8.29. The van der Waals surface area contributed by atoms with Crippen LogP contribution in [0.15, 0.2) is 18.6 Å². The fourth-order valence-electron chi connectivity index (χ4n) is 5.64. The highest BCUT2D eigenvalue weighted by molar-refractivity contribution is 5.88. The Labute approximate surface area is 245 Å². The van der Waals surface area contributed by atoms with E-state index in [1.54, 1.807) is 22.0 Å². The Bertz CT molecular complexity index is 1510. The Hall–Kier alpha value is -4.27. The van der Waals surface area contributed by atoms with E-state index in [9.17, 15) is 14.9 Å². The molecule has 0 aromatic carbocycles. The van der Waals surface area contributed by atoms with Crippen molar-refractivity contribution in [2.24, 2.45) is 13.0 Å². The van der Waals surface area contributed by atoms with Crippen LogP contribution in [0.1, 0.15) is 64.3 Å². The van der Waals surface area contributed by atoms with Gasteiger partial charge in [0.2, 0.25) is 17.6 Å². The molecule has 0 N–H and O–H groups in total. The predicted molar refractivity (Wildman–Crippen MR) is 154 cm³/mol. The Balaban J connectivity index is 1.13. The van der Waals surface area contributed by atoms with Crippen LogP contribution >= 0.6 is 0 Å². The third kappa shape index (κ3) is 6.30. The van der Waals surface area contributed by atoms with Crippen molar-refractivity contribution in [2.75, 3.05) is 26.2 Å². The van der Waals surface area contributed by atoms with Crippen LogP contribution in [0.2, 0.25) is 0 Å². The summed E-state index contributed by atoms with van der Waals surface area (Å²) in [7, 11) is 1.82. The van der Waals surface area contributed by atoms with Crippen molar-refractivity contribution in [3.8, 4) is 23.2 Å². The van der Waals surface area contributed by atoms with E-state index in [1.165, 1.54) is 0 Å². The van der Waals surface area contributed by atoms with Gasteiger partial charge in [0.25, 0.3) is 0 Å². The fraction of sp³-hybridized carbons (Fsp3) is 0.567. The number of carbonyl (C=O) groups is 2. The number of fused-ring (bicyclic) bond motifs is 1. The molecule has 0 spiro atoms. The van der Waals surface area contributed by atoms with Crippen LogP contribution in [0.4, 0.5) is 4.79 Å². The maximum atomic E-state index is 13.3. The molecule has 0 radical (unpaired) electrons. The first-order valence-electron chi connectivity index (χ1n) is 14.5. The molecule has 3 aromatic rings. The first kappa shape index (κ1) is 29.2. The number of aromatic nitrogens is 5. The Morgan fingerprint density at radius 2 is 1.88 bits per heavy atom. The molecule has 0 bridgehead atoms. The number of likely N-dealkylation sites (tertiary alicyclic amines) is 2. The largest absolute Gasteiger partial charge is 0.477 e. The number of hydrogen-bond donors (Lipinski definition) is 0. The highest BCUT2D eigenvalue weighted by Gasteiger charge is 2.39. The summed E-state index contributed by atoms with van der Waals surface area (Å²) in [5.74, 6) is 1.11. The molecule has 2 aliphatic rings. The van der Waals surface area contributed by atoms with Crippen LogP contribution in [-0.4, -0.2) is 84.2 Å². The van der Waals surface area contributed by atoms with Gasteiger partial charge in [0.15, 0.2) is 5.65 Å². The molecule has 1 atom stereocenters. The molecule has 42 heavy (non-hydrogen) atoms. The second-order valence-electron chi connectivity index (χ2n) is 12.1. The standard InChI is InChI=1S/C30H38N8O4/c1-19-15-21(24-25-26(36(5)18-33-25)35-23(16-31)34-24)17-32-27(19)41-14-10-20-8-12-37(13-9-20)28(39)22-7-6-11-38(22)29(40)42-30(2,3)4/h15,17-18,20,22H,6-14H2,1-5H3/t22-/m0/s1. The molecule has 0 saturated carbocycles. The number of amides is 2. The maximum absolute atomic E-state index is 13.3. The first-order valence-corrected chi connectivity index (χ1v) is 14.5. The van der Waals surface area contributed by atoms with E-state index in [-0.39, 0.29) is 11.7 Å². The third-order valence-corrected chi connectivity index (χ3v) is 7.82. The van der Waals surface area contributed by atoms with Crippen LogP contribution in [-0.2, 0) is 16.6 Å². The van der Waals surface area contributed by atoms with Crippen molar-refractivity contribution in [3.63, 3.8) is 0 Å². The summed E-state index contributed by atoms with van der Waals surface area (Å²) in [6, 6.07) is 3.52. The maximum Gasteiger partial charge on any atom is 0.410 e. The number of hydrogen-bond acceptors (Lipinski definition) is 9. The zero-order chi connectivity index (χ0) is 30.0. The number of rotatable bonds is 6. The lowest BCUT2D eigenvalue weighted by Crippen LogP contribution is -2.50. The minimum Gasteiger partial charge on any atom is -0.477 e. The molecule has 12 heteroatoms. The average Bonchev–Trinajstić information content (AvgIpc) is 3.60. The van der Waals surface area contributed by atoms with Crippen molar-refractivity contribution in [3.05, 3.63) is 30.0 Å². The molecule has 2 fully saturated rings. The van der Waals surface area contributed by atoms with E-state index in [4.69, 9.17) is 9.47 Å². The van der Waals surface area contributed by atoms with Gasteiger partial charge in [0.05, 0.1) is 12.9 Å². The van der Waals surface area contributed by atoms with E-state index >= 15 is 0 Å². The summed E-state index contributed by atoms with van der Waals surface area (Å²) in [6.45, 7) is 9.89. The molecule has 2 amide bonds.